The third-order valence-corrected chi connectivity index (χ3v) is 2.24. The van der Waals surface area contributed by atoms with Crippen molar-refractivity contribution >= 4 is 16.5 Å². The average Bonchev–Trinajstić information content (AvgIpc) is 2.52. The van der Waals surface area contributed by atoms with Gasteiger partial charge in [-0.15, -0.1) is 11.3 Å². The zero-order chi connectivity index (χ0) is 8.10. The first-order chi connectivity index (χ1) is 5.36. The van der Waals surface area contributed by atoms with Crippen LogP contribution in [0.2, 0.25) is 0 Å². The highest BCUT2D eigenvalue weighted by Gasteiger charge is 2.03. The molecule has 11 heavy (non-hydrogen) atoms. The average molecular weight is 171 g/mol. The predicted molar refractivity (Wildman–Crippen MR) is 48.9 cm³/mol. The molecule has 0 fully saturated rings. The molecule has 0 saturated carbocycles. The van der Waals surface area contributed by atoms with E-state index in [2.05, 4.69) is 17.2 Å². The first kappa shape index (κ1) is 8.49. The van der Waals surface area contributed by atoms with Gasteiger partial charge in [0, 0.05) is 24.2 Å². The lowest BCUT2D eigenvalue weighted by Crippen LogP contribution is -2.27. The standard InChI is InChI=1S/C7H13N3S/c1-2-6(5-8)10-7-9-3-4-11-7/h3-4,6H,2,5,8H2,1H3,(H,9,10). The lowest BCUT2D eigenvalue weighted by Gasteiger charge is -2.12. The summed E-state index contributed by atoms with van der Waals surface area (Å²) in [6.07, 6.45) is 2.83. The van der Waals surface area contributed by atoms with Crippen LogP contribution in [0.15, 0.2) is 11.6 Å². The van der Waals surface area contributed by atoms with Gasteiger partial charge in [0.05, 0.1) is 0 Å². The quantitative estimate of drug-likeness (QED) is 0.717. The van der Waals surface area contributed by atoms with Crippen molar-refractivity contribution < 1.29 is 0 Å². The van der Waals surface area contributed by atoms with E-state index in [4.69, 9.17) is 5.73 Å². The maximum Gasteiger partial charge on any atom is 0.182 e. The van der Waals surface area contributed by atoms with Gasteiger partial charge >= 0.3 is 0 Å². The van der Waals surface area contributed by atoms with Crippen molar-refractivity contribution in [3.8, 4) is 0 Å². The molecule has 1 aromatic rings. The summed E-state index contributed by atoms with van der Waals surface area (Å²) in [5.74, 6) is 0. The summed E-state index contributed by atoms with van der Waals surface area (Å²) in [6, 6.07) is 0.362. The van der Waals surface area contributed by atoms with Crippen LogP contribution in [-0.2, 0) is 0 Å². The molecule has 1 aromatic heterocycles. The van der Waals surface area contributed by atoms with E-state index in [0.29, 0.717) is 12.6 Å². The van der Waals surface area contributed by atoms with Gasteiger partial charge in [0.1, 0.15) is 0 Å². The minimum absolute atomic E-state index is 0.362. The molecule has 0 aliphatic rings. The fourth-order valence-electron chi connectivity index (χ4n) is 0.797. The second kappa shape index (κ2) is 4.31. The molecule has 62 valence electrons. The lowest BCUT2D eigenvalue weighted by atomic mass is 10.2. The Hall–Kier alpha value is -0.610. The normalized spacial score (nSPS) is 12.9. The molecule has 0 radical (unpaired) electrons. The van der Waals surface area contributed by atoms with Crippen molar-refractivity contribution in [2.75, 3.05) is 11.9 Å². The molecule has 1 rings (SSSR count). The highest BCUT2D eigenvalue weighted by molar-refractivity contribution is 7.13. The number of nitrogens with zero attached hydrogens (tertiary/aromatic N) is 1. The van der Waals surface area contributed by atoms with Crippen LogP contribution < -0.4 is 11.1 Å². The first-order valence-corrected chi connectivity index (χ1v) is 4.61. The Morgan fingerprint density at radius 3 is 3.09 bits per heavy atom. The summed E-state index contributed by atoms with van der Waals surface area (Å²) in [6.45, 7) is 2.77. The molecular formula is C7H13N3S. The smallest absolute Gasteiger partial charge is 0.182 e. The van der Waals surface area contributed by atoms with E-state index >= 15 is 0 Å². The third kappa shape index (κ3) is 2.48. The van der Waals surface area contributed by atoms with E-state index in [-0.39, 0.29) is 0 Å². The monoisotopic (exact) mass is 171 g/mol. The van der Waals surface area contributed by atoms with Crippen LogP contribution in [-0.4, -0.2) is 17.6 Å². The van der Waals surface area contributed by atoms with Crippen LogP contribution in [0.25, 0.3) is 0 Å². The lowest BCUT2D eigenvalue weighted by molar-refractivity contribution is 0.703. The molecule has 0 spiro atoms. The molecular weight excluding hydrogens is 158 g/mol. The molecule has 3 nitrogen and oxygen atoms in total. The molecule has 0 amide bonds. The largest absolute Gasteiger partial charge is 0.358 e. The summed E-state index contributed by atoms with van der Waals surface area (Å²) < 4.78 is 0. The summed E-state index contributed by atoms with van der Waals surface area (Å²) in [5.41, 5.74) is 5.51. The topological polar surface area (TPSA) is 50.9 Å². The number of anilines is 1. The Morgan fingerprint density at radius 1 is 1.82 bits per heavy atom. The number of rotatable bonds is 4. The molecule has 0 aromatic carbocycles. The zero-order valence-corrected chi connectivity index (χ0v) is 7.40. The Labute approximate surface area is 70.6 Å². The van der Waals surface area contributed by atoms with Gasteiger partial charge in [0.2, 0.25) is 0 Å². The highest BCUT2D eigenvalue weighted by Crippen LogP contribution is 2.12. The van der Waals surface area contributed by atoms with Crippen LogP contribution in [0.5, 0.6) is 0 Å². The van der Waals surface area contributed by atoms with Crippen LogP contribution in [0.3, 0.4) is 0 Å². The van der Waals surface area contributed by atoms with Crippen LogP contribution in [0.1, 0.15) is 13.3 Å². The summed E-state index contributed by atoms with van der Waals surface area (Å²) >= 11 is 1.60. The zero-order valence-electron chi connectivity index (χ0n) is 6.58. The molecule has 4 heteroatoms. The molecule has 0 aliphatic heterocycles. The molecule has 1 heterocycles. The molecule has 0 aliphatic carbocycles. The number of nitrogens with one attached hydrogen (secondary N) is 1. The number of thiazole rings is 1. The predicted octanol–water partition coefficient (Wildman–Crippen LogP) is 1.29. The maximum atomic E-state index is 5.51. The molecule has 1 atom stereocenters. The number of hydrogen-bond acceptors (Lipinski definition) is 4. The first-order valence-electron chi connectivity index (χ1n) is 3.73. The van der Waals surface area contributed by atoms with Gasteiger partial charge in [-0.25, -0.2) is 4.98 Å². The van der Waals surface area contributed by atoms with Gasteiger partial charge in [-0.05, 0) is 6.42 Å². The Bertz CT molecular complexity index is 182. The van der Waals surface area contributed by atoms with Gasteiger partial charge < -0.3 is 11.1 Å². The van der Waals surface area contributed by atoms with E-state index in [1.165, 1.54) is 0 Å². The highest BCUT2D eigenvalue weighted by atomic mass is 32.1. The van der Waals surface area contributed by atoms with E-state index in [0.717, 1.165) is 11.6 Å². The summed E-state index contributed by atoms with van der Waals surface area (Å²) in [5, 5.41) is 6.15. The second-order valence-corrected chi connectivity index (χ2v) is 3.22. The van der Waals surface area contributed by atoms with Crippen molar-refractivity contribution in [2.24, 2.45) is 5.73 Å². The van der Waals surface area contributed by atoms with Crippen molar-refractivity contribution in [3.63, 3.8) is 0 Å². The van der Waals surface area contributed by atoms with Crippen LogP contribution in [0, 0.1) is 0 Å². The van der Waals surface area contributed by atoms with Gasteiger partial charge in [-0.3, -0.25) is 0 Å². The number of aromatic nitrogens is 1. The minimum Gasteiger partial charge on any atom is -0.358 e. The maximum absolute atomic E-state index is 5.51. The van der Waals surface area contributed by atoms with Crippen molar-refractivity contribution in [3.05, 3.63) is 11.6 Å². The molecule has 0 bridgehead atoms. The van der Waals surface area contributed by atoms with Gasteiger partial charge in [-0.2, -0.15) is 0 Å². The summed E-state index contributed by atoms with van der Waals surface area (Å²) in [7, 11) is 0. The second-order valence-electron chi connectivity index (χ2n) is 2.32. The Balaban J connectivity index is 2.41. The van der Waals surface area contributed by atoms with Crippen LogP contribution in [0.4, 0.5) is 5.13 Å². The van der Waals surface area contributed by atoms with E-state index in [1.807, 2.05) is 5.38 Å². The van der Waals surface area contributed by atoms with E-state index in [1.54, 1.807) is 17.5 Å². The molecule has 1 unspecified atom stereocenters. The van der Waals surface area contributed by atoms with Crippen molar-refractivity contribution in [1.82, 2.24) is 4.98 Å². The SMILES string of the molecule is CCC(CN)Nc1nccs1. The number of nitrogens with two attached hydrogens (primary N) is 1. The minimum atomic E-state index is 0.362. The Kier molecular flexibility index (Phi) is 3.32. The van der Waals surface area contributed by atoms with E-state index in [9.17, 15) is 0 Å². The molecule has 3 N–H and O–H groups in total. The fraction of sp³-hybridized carbons (Fsp3) is 0.571. The third-order valence-electron chi connectivity index (χ3n) is 1.54. The van der Waals surface area contributed by atoms with Gasteiger partial charge in [-0.1, -0.05) is 6.92 Å². The van der Waals surface area contributed by atoms with Crippen molar-refractivity contribution in [2.45, 2.75) is 19.4 Å². The fourth-order valence-corrected chi connectivity index (χ4v) is 1.40. The van der Waals surface area contributed by atoms with Gasteiger partial charge in [0.15, 0.2) is 5.13 Å². The van der Waals surface area contributed by atoms with Gasteiger partial charge in [0.25, 0.3) is 0 Å². The van der Waals surface area contributed by atoms with Crippen LogP contribution >= 0.6 is 11.3 Å². The molecule has 0 saturated heterocycles. The number of hydrogen-bond donors (Lipinski definition) is 2. The van der Waals surface area contributed by atoms with Crippen molar-refractivity contribution in [1.29, 1.82) is 0 Å². The summed E-state index contributed by atoms with van der Waals surface area (Å²) in [4.78, 5) is 4.10. The Morgan fingerprint density at radius 2 is 2.64 bits per heavy atom. The van der Waals surface area contributed by atoms with E-state index < -0.39 is 0 Å².